The zero-order valence-electron chi connectivity index (χ0n) is 14.9. The molecule has 0 spiro atoms. The molecule has 2 N–H and O–H groups in total. The first-order chi connectivity index (χ1) is 11.1. The van der Waals surface area contributed by atoms with Gasteiger partial charge in [0.25, 0.3) is 0 Å². The van der Waals surface area contributed by atoms with Crippen LogP contribution in [0.15, 0.2) is 30.3 Å². The number of hydrogen-bond donors (Lipinski definition) is 2. The normalized spacial score (nSPS) is 21.7. The Morgan fingerprint density at radius 2 is 1.91 bits per heavy atom. The minimum Gasteiger partial charge on any atom is -0.394 e. The van der Waals surface area contributed by atoms with Crippen molar-refractivity contribution >= 4 is 5.91 Å². The number of carbonyl (C=O) groups excluding carboxylic acids is 1. The molecule has 1 aliphatic rings. The highest BCUT2D eigenvalue weighted by molar-refractivity contribution is 5.79. The molecule has 1 fully saturated rings. The van der Waals surface area contributed by atoms with Gasteiger partial charge in [-0.2, -0.15) is 0 Å². The van der Waals surface area contributed by atoms with Crippen LogP contribution in [0.5, 0.6) is 0 Å². The van der Waals surface area contributed by atoms with E-state index in [4.69, 9.17) is 0 Å². The number of nitrogens with one attached hydrogen (secondary N) is 1. The first-order valence-corrected chi connectivity index (χ1v) is 9.05. The van der Waals surface area contributed by atoms with Gasteiger partial charge in [0.2, 0.25) is 5.91 Å². The van der Waals surface area contributed by atoms with E-state index in [0.717, 1.165) is 24.8 Å². The van der Waals surface area contributed by atoms with Crippen LogP contribution in [0.3, 0.4) is 0 Å². The average molecular weight is 319 g/mol. The third-order valence-electron chi connectivity index (χ3n) is 4.20. The van der Waals surface area contributed by atoms with Crippen molar-refractivity contribution in [3.63, 3.8) is 0 Å². The summed E-state index contributed by atoms with van der Waals surface area (Å²) in [5.41, 5.74) is 1.14. The Balaban J connectivity index is 0.000000816. The van der Waals surface area contributed by atoms with Crippen molar-refractivity contribution in [3.8, 4) is 0 Å². The molecule has 2 rings (SSSR count). The SMILES string of the molecule is CC1CCCC(C(=O)N[C@H](CO)Cc2ccccc2)C1.CCC. The summed E-state index contributed by atoms with van der Waals surface area (Å²) < 4.78 is 0. The quantitative estimate of drug-likeness (QED) is 0.863. The number of benzene rings is 1. The van der Waals surface area contributed by atoms with Gasteiger partial charge in [-0.25, -0.2) is 0 Å². The lowest BCUT2D eigenvalue weighted by Crippen LogP contribution is -2.43. The van der Waals surface area contributed by atoms with Crippen molar-refractivity contribution in [2.45, 2.75) is 65.3 Å². The van der Waals surface area contributed by atoms with E-state index < -0.39 is 0 Å². The molecule has 0 aliphatic heterocycles. The van der Waals surface area contributed by atoms with E-state index in [-0.39, 0.29) is 24.5 Å². The Kier molecular flexibility index (Phi) is 9.61. The standard InChI is InChI=1S/C17H25NO2.C3H8/c1-13-6-5-9-15(10-13)17(20)18-16(12-19)11-14-7-3-2-4-8-14;1-3-2/h2-4,7-8,13,15-16,19H,5-6,9-12H2,1H3,(H,18,20);3H2,1-2H3/t13?,15?,16-;/m0./s1. The molecule has 0 aromatic heterocycles. The molecule has 0 heterocycles. The number of amides is 1. The molecule has 3 heteroatoms. The average Bonchev–Trinajstić information content (AvgIpc) is 2.56. The highest BCUT2D eigenvalue weighted by atomic mass is 16.3. The summed E-state index contributed by atoms with van der Waals surface area (Å²) in [6.07, 6.45) is 6.28. The van der Waals surface area contributed by atoms with Gasteiger partial charge in [-0.1, -0.05) is 70.4 Å². The number of rotatable bonds is 5. The van der Waals surface area contributed by atoms with Crippen molar-refractivity contribution in [1.82, 2.24) is 5.32 Å². The van der Waals surface area contributed by atoms with E-state index in [1.165, 1.54) is 12.8 Å². The van der Waals surface area contributed by atoms with Gasteiger partial charge in [0, 0.05) is 5.92 Å². The van der Waals surface area contributed by atoms with Crippen LogP contribution in [0.25, 0.3) is 0 Å². The van der Waals surface area contributed by atoms with Gasteiger partial charge < -0.3 is 10.4 Å². The summed E-state index contributed by atoms with van der Waals surface area (Å²) in [7, 11) is 0. The summed E-state index contributed by atoms with van der Waals surface area (Å²) in [6.45, 7) is 6.45. The van der Waals surface area contributed by atoms with Crippen molar-refractivity contribution < 1.29 is 9.90 Å². The number of aliphatic hydroxyl groups is 1. The lowest BCUT2D eigenvalue weighted by atomic mass is 9.82. The molecular formula is C20H33NO2. The molecule has 130 valence electrons. The van der Waals surface area contributed by atoms with Crippen LogP contribution >= 0.6 is 0 Å². The molecule has 1 amide bonds. The molecule has 3 atom stereocenters. The molecule has 1 aliphatic carbocycles. The predicted octanol–water partition coefficient (Wildman–Crippen LogP) is 3.95. The van der Waals surface area contributed by atoms with Crippen LogP contribution in [0, 0.1) is 11.8 Å². The number of aliphatic hydroxyl groups excluding tert-OH is 1. The molecule has 0 bridgehead atoms. The van der Waals surface area contributed by atoms with Gasteiger partial charge in [-0.3, -0.25) is 4.79 Å². The summed E-state index contributed by atoms with van der Waals surface area (Å²) in [4.78, 5) is 12.3. The zero-order valence-corrected chi connectivity index (χ0v) is 14.9. The van der Waals surface area contributed by atoms with Gasteiger partial charge in [-0.15, -0.1) is 0 Å². The Labute approximate surface area is 141 Å². The molecule has 0 radical (unpaired) electrons. The maximum Gasteiger partial charge on any atom is 0.223 e. The maximum absolute atomic E-state index is 12.3. The zero-order chi connectivity index (χ0) is 17.1. The molecule has 1 aromatic carbocycles. The minimum absolute atomic E-state index is 0.0110. The Morgan fingerprint density at radius 3 is 2.48 bits per heavy atom. The Bertz CT molecular complexity index is 433. The van der Waals surface area contributed by atoms with Crippen molar-refractivity contribution in [2.75, 3.05) is 6.61 Å². The Hall–Kier alpha value is -1.35. The molecule has 23 heavy (non-hydrogen) atoms. The van der Waals surface area contributed by atoms with Crippen LogP contribution in [-0.2, 0) is 11.2 Å². The summed E-state index contributed by atoms with van der Waals surface area (Å²) in [5.74, 6) is 0.885. The Morgan fingerprint density at radius 1 is 1.26 bits per heavy atom. The van der Waals surface area contributed by atoms with E-state index >= 15 is 0 Å². The third kappa shape index (κ3) is 7.65. The number of hydrogen-bond acceptors (Lipinski definition) is 2. The summed E-state index contributed by atoms with van der Waals surface area (Å²) in [6, 6.07) is 9.80. The molecule has 1 aromatic rings. The van der Waals surface area contributed by atoms with Crippen LogP contribution in [-0.4, -0.2) is 23.7 Å². The first kappa shape index (κ1) is 19.7. The molecule has 3 nitrogen and oxygen atoms in total. The fourth-order valence-electron chi connectivity index (χ4n) is 3.05. The van der Waals surface area contributed by atoms with Gasteiger partial charge in [0.1, 0.15) is 0 Å². The summed E-state index contributed by atoms with van der Waals surface area (Å²) >= 11 is 0. The van der Waals surface area contributed by atoms with E-state index in [1.807, 2.05) is 30.3 Å². The molecule has 0 saturated heterocycles. The fraction of sp³-hybridized carbons (Fsp3) is 0.650. The van der Waals surface area contributed by atoms with Gasteiger partial charge in [0.05, 0.1) is 12.6 Å². The van der Waals surface area contributed by atoms with Crippen molar-refractivity contribution in [1.29, 1.82) is 0 Å². The second-order valence-corrected chi connectivity index (χ2v) is 6.75. The lowest BCUT2D eigenvalue weighted by molar-refractivity contribution is -0.127. The monoisotopic (exact) mass is 319 g/mol. The predicted molar refractivity (Wildman–Crippen MR) is 96.2 cm³/mol. The van der Waals surface area contributed by atoms with Gasteiger partial charge in [0.15, 0.2) is 0 Å². The lowest BCUT2D eigenvalue weighted by Gasteiger charge is -2.27. The highest BCUT2D eigenvalue weighted by Crippen LogP contribution is 2.28. The van der Waals surface area contributed by atoms with Crippen LogP contribution in [0.1, 0.15) is 58.4 Å². The largest absolute Gasteiger partial charge is 0.394 e. The van der Waals surface area contributed by atoms with E-state index in [2.05, 4.69) is 26.1 Å². The van der Waals surface area contributed by atoms with Crippen molar-refractivity contribution in [3.05, 3.63) is 35.9 Å². The van der Waals surface area contributed by atoms with Gasteiger partial charge in [-0.05, 0) is 30.7 Å². The van der Waals surface area contributed by atoms with Crippen molar-refractivity contribution in [2.24, 2.45) is 11.8 Å². The first-order valence-electron chi connectivity index (χ1n) is 9.05. The smallest absolute Gasteiger partial charge is 0.223 e. The maximum atomic E-state index is 12.3. The van der Waals surface area contributed by atoms with E-state index in [1.54, 1.807) is 0 Å². The van der Waals surface area contributed by atoms with Crippen LogP contribution in [0.2, 0.25) is 0 Å². The second-order valence-electron chi connectivity index (χ2n) is 6.75. The molecular weight excluding hydrogens is 286 g/mol. The number of carbonyl (C=O) groups is 1. The third-order valence-corrected chi connectivity index (χ3v) is 4.20. The second kappa shape index (κ2) is 11.2. The topological polar surface area (TPSA) is 49.3 Å². The molecule has 1 saturated carbocycles. The minimum atomic E-state index is -0.179. The van der Waals surface area contributed by atoms with Gasteiger partial charge >= 0.3 is 0 Å². The van der Waals surface area contributed by atoms with Crippen LogP contribution in [0.4, 0.5) is 0 Å². The summed E-state index contributed by atoms with van der Waals surface area (Å²) in [5, 5.41) is 12.5. The fourth-order valence-corrected chi connectivity index (χ4v) is 3.05. The van der Waals surface area contributed by atoms with Crippen LogP contribution < -0.4 is 5.32 Å². The highest BCUT2D eigenvalue weighted by Gasteiger charge is 2.26. The molecule has 2 unspecified atom stereocenters. The van der Waals surface area contributed by atoms with E-state index in [9.17, 15) is 9.90 Å². The van der Waals surface area contributed by atoms with E-state index in [0.29, 0.717) is 12.3 Å².